The number of benzene rings is 2. The number of hydrogen-bond acceptors (Lipinski definition) is 5. The first-order valence-electron chi connectivity index (χ1n) is 7.70. The molecule has 7 nitrogen and oxygen atoms in total. The van der Waals surface area contributed by atoms with Crippen molar-refractivity contribution in [1.29, 1.82) is 0 Å². The highest BCUT2D eigenvalue weighted by Crippen LogP contribution is 2.21. The molecule has 3 aromatic rings. The Morgan fingerprint density at radius 1 is 1.15 bits per heavy atom. The Morgan fingerprint density at radius 3 is 2.58 bits per heavy atom. The molecule has 0 bridgehead atoms. The summed E-state index contributed by atoms with van der Waals surface area (Å²) in [5.74, 6) is -0.511. The fraction of sp³-hybridized carbons (Fsp3) is 0.0526. The van der Waals surface area contributed by atoms with Crippen LogP contribution in [0.4, 0.5) is 11.4 Å². The fourth-order valence-corrected chi connectivity index (χ4v) is 2.34. The van der Waals surface area contributed by atoms with Crippen LogP contribution in [0, 0.1) is 17.0 Å². The number of aryl methyl sites for hydroxylation is 1. The van der Waals surface area contributed by atoms with E-state index in [1.165, 1.54) is 30.3 Å². The second kappa shape index (κ2) is 7.02. The summed E-state index contributed by atoms with van der Waals surface area (Å²) in [6.07, 6.45) is 2.91. The van der Waals surface area contributed by atoms with Crippen LogP contribution >= 0.6 is 0 Å². The first-order chi connectivity index (χ1) is 12.4. The summed E-state index contributed by atoms with van der Waals surface area (Å²) in [5, 5.41) is 13.6. The summed E-state index contributed by atoms with van der Waals surface area (Å²) < 4.78 is 5.09. The minimum atomic E-state index is -0.733. The fourth-order valence-electron chi connectivity index (χ4n) is 2.34. The zero-order chi connectivity index (χ0) is 18.7. The number of anilines is 1. The number of non-ortho nitro benzene ring substituents is 1. The van der Waals surface area contributed by atoms with Crippen molar-refractivity contribution >= 4 is 34.3 Å². The Labute approximate surface area is 147 Å². The lowest BCUT2D eigenvalue weighted by Gasteiger charge is -2.03. The molecule has 0 spiro atoms. The molecule has 1 heterocycles. The molecule has 0 saturated carbocycles. The van der Waals surface area contributed by atoms with E-state index in [-0.39, 0.29) is 17.0 Å². The number of nitro benzene ring substituents is 1. The highest BCUT2D eigenvalue weighted by atomic mass is 16.6. The van der Waals surface area contributed by atoms with Crippen molar-refractivity contribution in [3.05, 3.63) is 86.3 Å². The Bertz CT molecular complexity index is 1080. The number of carbonyl (C=O) groups is 1. The molecule has 1 N–H and O–H groups in total. The largest absolute Gasteiger partial charge is 0.421 e. The van der Waals surface area contributed by atoms with Gasteiger partial charge in [-0.25, -0.2) is 4.79 Å². The maximum Gasteiger partial charge on any atom is 0.360 e. The van der Waals surface area contributed by atoms with Crippen LogP contribution in [0.2, 0.25) is 0 Å². The molecule has 26 heavy (non-hydrogen) atoms. The molecule has 7 heteroatoms. The van der Waals surface area contributed by atoms with E-state index in [4.69, 9.17) is 4.42 Å². The molecule has 0 radical (unpaired) electrons. The molecule has 0 unspecified atom stereocenters. The summed E-state index contributed by atoms with van der Waals surface area (Å²) in [7, 11) is 0. The van der Waals surface area contributed by atoms with Crippen LogP contribution < -0.4 is 10.9 Å². The quantitative estimate of drug-likeness (QED) is 0.335. The van der Waals surface area contributed by atoms with Gasteiger partial charge in [0.1, 0.15) is 11.3 Å². The predicted octanol–water partition coefficient (Wildman–Crippen LogP) is 3.66. The van der Waals surface area contributed by atoms with E-state index in [0.717, 1.165) is 11.1 Å². The van der Waals surface area contributed by atoms with E-state index < -0.39 is 16.5 Å². The lowest BCUT2D eigenvalue weighted by molar-refractivity contribution is -0.384. The molecule has 2 aromatic carbocycles. The van der Waals surface area contributed by atoms with Crippen molar-refractivity contribution in [3.63, 3.8) is 0 Å². The monoisotopic (exact) mass is 350 g/mol. The summed E-state index contributed by atoms with van der Waals surface area (Å²) in [6.45, 7) is 1.96. The predicted molar refractivity (Wildman–Crippen MR) is 98.0 cm³/mol. The van der Waals surface area contributed by atoms with Gasteiger partial charge in [-0.3, -0.25) is 14.9 Å². The number of fused-ring (bicyclic) bond motifs is 1. The van der Waals surface area contributed by atoms with E-state index >= 15 is 0 Å². The van der Waals surface area contributed by atoms with Gasteiger partial charge in [-0.05, 0) is 30.7 Å². The lowest BCUT2D eigenvalue weighted by Crippen LogP contribution is -2.15. The van der Waals surface area contributed by atoms with Gasteiger partial charge in [-0.1, -0.05) is 29.8 Å². The lowest BCUT2D eigenvalue weighted by atomic mass is 10.1. The van der Waals surface area contributed by atoms with Gasteiger partial charge in [0.25, 0.3) is 5.69 Å². The van der Waals surface area contributed by atoms with Crippen LogP contribution in [0.25, 0.3) is 17.0 Å². The first kappa shape index (κ1) is 17.1. The van der Waals surface area contributed by atoms with Gasteiger partial charge in [-0.15, -0.1) is 0 Å². The van der Waals surface area contributed by atoms with Crippen LogP contribution in [-0.2, 0) is 4.79 Å². The van der Waals surface area contributed by atoms with Crippen LogP contribution in [0.5, 0.6) is 0 Å². The van der Waals surface area contributed by atoms with Crippen LogP contribution in [0.1, 0.15) is 11.1 Å². The summed E-state index contributed by atoms with van der Waals surface area (Å²) >= 11 is 0. The Kier molecular flexibility index (Phi) is 4.62. The Morgan fingerprint density at radius 2 is 1.88 bits per heavy atom. The molecule has 0 atom stereocenters. The molecule has 0 saturated heterocycles. The molecule has 3 rings (SSSR count). The molecule has 1 aromatic heterocycles. The molecule has 0 fully saturated rings. The molecule has 130 valence electrons. The van der Waals surface area contributed by atoms with Gasteiger partial charge in [0.15, 0.2) is 0 Å². The minimum absolute atomic E-state index is 0.0865. The number of amides is 1. The number of nitro groups is 1. The van der Waals surface area contributed by atoms with E-state index in [2.05, 4.69) is 5.32 Å². The van der Waals surface area contributed by atoms with Gasteiger partial charge in [-0.2, -0.15) is 0 Å². The first-order valence-corrected chi connectivity index (χ1v) is 7.70. The molecule has 0 aliphatic carbocycles. The Balaban J connectivity index is 1.84. The second-order valence-electron chi connectivity index (χ2n) is 5.66. The third-order valence-electron chi connectivity index (χ3n) is 3.69. The van der Waals surface area contributed by atoms with E-state index in [9.17, 15) is 19.7 Å². The summed E-state index contributed by atoms with van der Waals surface area (Å²) in [4.78, 5) is 34.3. The standard InChI is InChI=1S/C19H14N2O5/c1-12-2-4-13(5-3-12)6-9-18(22)20-16-11-14-10-15(21(24)25)7-8-17(14)26-19(16)23/h2-11H,1H3,(H,20,22)/b9-6+. The third kappa shape index (κ3) is 3.84. The van der Waals surface area contributed by atoms with Crippen molar-refractivity contribution in [2.24, 2.45) is 0 Å². The van der Waals surface area contributed by atoms with Gasteiger partial charge in [0.05, 0.1) is 4.92 Å². The zero-order valence-electron chi connectivity index (χ0n) is 13.8. The highest BCUT2D eigenvalue weighted by molar-refractivity contribution is 6.02. The van der Waals surface area contributed by atoms with Crippen LogP contribution in [0.15, 0.2) is 63.8 Å². The summed E-state index contributed by atoms with van der Waals surface area (Å²) in [6, 6.07) is 12.8. The SMILES string of the molecule is Cc1ccc(/C=C/C(=O)Nc2cc3cc([N+](=O)[O-])ccc3oc2=O)cc1. The number of nitrogens with zero attached hydrogens (tertiary/aromatic N) is 1. The maximum atomic E-state index is 12.0. The van der Waals surface area contributed by atoms with Gasteiger partial charge < -0.3 is 9.73 Å². The van der Waals surface area contributed by atoms with Crippen LogP contribution in [0.3, 0.4) is 0 Å². The molecule has 0 aliphatic rings. The minimum Gasteiger partial charge on any atom is -0.421 e. The van der Waals surface area contributed by atoms with Crippen molar-refractivity contribution < 1.29 is 14.1 Å². The van der Waals surface area contributed by atoms with Crippen molar-refractivity contribution in [2.45, 2.75) is 6.92 Å². The average molecular weight is 350 g/mol. The molecule has 0 aliphatic heterocycles. The van der Waals surface area contributed by atoms with Gasteiger partial charge in [0.2, 0.25) is 5.91 Å². The highest BCUT2D eigenvalue weighted by Gasteiger charge is 2.11. The van der Waals surface area contributed by atoms with E-state index in [1.54, 1.807) is 6.08 Å². The van der Waals surface area contributed by atoms with Gasteiger partial charge >= 0.3 is 5.63 Å². The summed E-state index contributed by atoms with van der Waals surface area (Å²) in [5.41, 5.74) is 1.19. The normalized spacial score (nSPS) is 11.0. The smallest absolute Gasteiger partial charge is 0.360 e. The topological polar surface area (TPSA) is 102 Å². The van der Waals surface area contributed by atoms with E-state index in [0.29, 0.717) is 5.39 Å². The molecule has 1 amide bonds. The maximum absolute atomic E-state index is 12.0. The van der Waals surface area contributed by atoms with Crippen LogP contribution in [-0.4, -0.2) is 10.8 Å². The van der Waals surface area contributed by atoms with Crippen molar-refractivity contribution in [1.82, 2.24) is 0 Å². The molecular formula is C19H14N2O5. The average Bonchev–Trinajstić information content (AvgIpc) is 2.61. The number of nitrogens with one attached hydrogen (secondary N) is 1. The second-order valence-corrected chi connectivity index (χ2v) is 5.66. The van der Waals surface area contributed by atoms with Gasteiger partial charge in [0, 0.05) is 23.6 Å². The number of rotatable bonds is 4. The number of carbonyl (C=O) groups excluding carboxylic acids is 1. The van der Waals surface area contributed by atoms with E-state index in [1.807, 2.05) is 31.2 Å². The van der Waals surface area contributed by atoms with Crippen molar-refractivity contribution in [2.75, 3.05) is 5.32 Å². The number of hydrogen-bond donors (Lipinski definition) is 1. The van der Waals surface area contributed by atoms with Crippen molar-refractivity contribution in [3.8, 4) is 0 Å². The third-order valence-corrected chi connectivity index (χ3v) is 3.69. The Hall–Kier alpha value is -3.74. The molecular weight excluding hydrogens is 336 g/mol. The zero-order valence-corrected chi connectivity index (χ0v) is 13.8.